The van der Waals surface area contributed by atoms with E-state index in [0.717, 1.165) is 5.56 Å². The van der Waals surface area contributed by atoms with Gasteiger partial charge < -0.3 is 15.0 Å². The van der Waals surface area contributed by atoms with Gasteiger partial charge in [0.25, 0.3) is 0 Å². The lowest BCUT2D eigenvalue weighted by molar-refractivity contribution is -0.129. The summed E-state index contributed by atoms with van der Waals surface area (Å²) in [7, 11) is 1.58. The van der Waals surface area contributed by atoms with E-state index >= 15 is 0 Å². The van der Waals surface area contributed by atoms with Crippen LogP contribution in [-0.2, 0) is 20.9 Å². The minimum Gasteiger partial charge on any atom is -0.383 e. The van der Waals surface area contributed by atoms with Crippen molar-refractivity contribution < 1.29 is 18.7 Å². The molecular formula is C15H19FN2O3. The molecule has 0 radical (unpaired) electrons. The van der Waals surface area contributed by atoms with E-state index in [9.17, 15) is 14.0 Å². The Morgan fingerprint density at radius 1 is 1.43 bits per heavy atom. The molecule has 1 aliphatic rings. The molecular weight excluding hydrogens is 275 g/mol. The zero-order valence-corrected chi connectivity index (χ0v) is 12.0. The van der Waals surface area contributed by atoms with Crippen molar-refractivity contribution in [3.05, 3.63) is 35.6 Å². The summed E-state index contributed by atoms with van der Waals surface area (Å²) in [4.78, 5) is 25.5. The smallest absolute Gasteiger partial charge is 0.225 e. The summed E-state index contributed by atoms with van der Waals surface area (Å²) in [6, 6.07) is 5.96. The SMILES string of the molecule is COCCN1CC(C(=O)NCc2ccc(F)cc2)CC1=O. The van der Waals surface area contributed by atoms with Gasteiger partial charge in [-0.2, -0.15) is 0 Å². The van der Waals surface area contributed by atoms with Crippen LogP contribution >= 0.6 is 0 Å². The molecule has 1 heterocycles. The lowest BCUT2D eigenvalue weighted by Gasteiger charge is -2.15. The summed E-state index contributed by atoms with van der Waals surface area (Å²) >= 11 is 0. The molecule has 1 aromatic carbocycles. The Hall–Kier alpha value is -1.95. The van der Waals surface area contributed by atoms with Crippen molar-refractivity contribution in [1.82, 2.24) is 10.2 Å². The lowest BCUT2D eigenvalue weighted by atomic mass is 10.1. The molecule has 6 heteroatoms. The largest absolute Gasteiger partial charge is 0.383 e. The van der Waals surface area contributed by atoms with Gasteiger partial charge in [-0.05, 0) is 17.7 Å². The molecule has 5 nitrogen and oxygen atoms in total. The van der Waals surface area contributed by atoms with E-state index in [2.05, 4.69) is 5.32 Å². The first kappa shape index (κ1) is 15.4. The highest BCUT2D eigenvalue weighted by Crippen LogP contribution is 2.17. The van der Waals surface area contributed by atoms with Crippen LogP contribution in [0.1, 0.15) is 12.0 Å². The molecule has 1 N–H and O–H groups in total. The Kier molecular flexibility index (Phi) is 5.27. The second kappa shape index (κ2) is 7.17. The molecule has 1 saturated heterocycles. The number of amides is 2. The van der Waals surface area contributed by atoms with Crippen LogP contribution in [0, 0.1) is 11.7 Å². The van der Waals surface area contributed by atoms with Crippen molar-refractivity contribution in [2.75, 3.05) is 26.8 Å². The molecule has 1 unspecified atom stereocenters. The predicted molar refractivity (Wildman–Crippen MR) is 74.8 cm³/mol. The van der Waals surface area contributed by atoms with E-state index in [0.29, 0.717) is 26.2 Å². The zero-order valence-electron chi connectivity index (χ0n) is 12.0. The topological polar surface area (TPSA) is 58.6 Å². The molecule has 0 spiro atoms. The Bertz CT molecular complexity index is 504. The fourth-order valence-corrected chi connectivity index (χ4v) is 2.30. The third-order valence-corrected chi connectivity index (χ3v) is 3.53. The van der Waals surface area contributed by atoms with E-state index in [4.69, 9.17) is 4.74 Å². The summed E-state index contributed by atoms with van der Waals surface area (Å²) in [5.41, 5.74) is 0.824. The molecule has 0 aromatic heterocycles. The zero-order chi connectivity index (χ0) is 15.2. The predicted octanol–water partition coefficient (Wildman–Crippen LogP) is 0.937. The third-order valence-electron chi connectivity index (χ3n) is 3.53. The lowest BCUT2D eigenvalue weighted by Crippen LogP contribution is -2.33. The van der Waals surface area contributed by atoms with E-state index in [-0.39, 0.29) is 30.0 Å². The van der Waals surface area contributed by atoms with Crippen molar-refractivity contribution in [2.45, 2.75) is 13.0 Å². The van der Waals surface area contributed by atoms with Crippen molar-refractivity contribution in [2.24, 2.45) is 5.92 Å². The number of ether oxygens (including phenoxy) is 1. The maximum Gasteiger partial charge on any atom is 0.225 e. The molecule has 1 atom stereocenters. The highest BCUT2D eigenvalue weighted by Gasteiger charge is 2.33. The van der Waals surface area contributed by atoms with Gasteiger partial charge in [0.15, 0.2) is 0 Å². The van der Waals surface area contributed by atoms with Crippen LogP contribution in [0.4, 0.5) is 4.39 Å². The fourth-order valence-electron chi connectivity index (χ4n) is 2.30. The van der Waals surface area contributed by atoms with Crippen LogP contribution in [-0.4, -0.2) is 43.5 Å². The Labute approximate surface area is 123 Å². The number of carbonyl (C=O) groups is 2. The third kappa shape index (κ3) is 4.26. The first-order valence-electron chi connectivity index (χ1n) is 6.89. The summed E-state index contributed by atoms with van der Waals surface area (Å²) < 4.78 is 17.7. The van der Waals surface area contributed by atoms with Crippen LogP contribution in [0.15, 0.2) is 24.3 Å². The molecule has 1 aromatic rings. The van der Waals surface area contributed by atoms with Crippen LogP contribution < -0.4 is 5.32 Å². The van der Waals surface area contributed by atoms with Gasteiger partial charge in [-0.3, -0.25) is 9.59 Å². The van der Waals surface area contributed by atoms with E-state index in [1.165, 1.54) is 12.1 Å². The van der Waals surface area contributed by atoms with Crippen molar-refractivity contribution >= 4 is 11.8 Å². The molecule has 21 heavy (non-hydrogen) atoms. The number of rotatable bonds is 6. The van der Waals surface area contributed by atoms with E-state index < -0.39 is 0 Å². The van der Waals surface area contributed by atoms with Gasteiger partial charge in [-0.1, -0.05) is 12.1 Å². The average Bonchev–Trinajstić information content (AvgIpc) is 2.85. The first-order valence-corrected chi connectivity index (χ1v) is 6.89. The number of nitrogens with zero attached hydrogens (tertiary/aromatic N) is 1. The molecule has 0 aliphatic carbocycles. The maximum atomic E-state index is 12.8. The van der Waals surface area contributed by atoms with E-state index in [1.807, 2.05) is 0 Å². The molecule has 0 saturated carbocycles. The van der Waals surface area contributed by atoms with Crippen LogP contribution in [0.5, 0.6) is 0 Å². The molecule has 2 amide bonds. The van der Waals surface area contributed by atoms with Crippen LogP contribution in [0.25, 0.3) is 0 Å². The van der Waals surface area contributed by atoms with Gasteiger partial charge in [0.2, 0.25) is 11.8 Å². The van der Waals surface area contributed by atoms with E-state index in [1.54, 1.807) is 24.1 Å². The van der Waals surface area contributed by atoms with Gasteiger partial charge in [-0.15, -0.1) is 0 Å². The standard InChI is InChI=1S/C15H19FN2O3/c1-21-7-6-18-10-12(8-14(18)19)15(20)17-9-11-2-4-13(16)5-3-11/h2-5,12H,6-10H2,1H3,(H,17,20). The second-order valence-corrected chi connectivity index (χ2v) is 5.08. The number of methoxy groups -OCH3 is 1. The first-order chi connectivity index (χ1) is 10.1. The molecule has 114 valence electrons. The van der Waals surface area contributed by atoms with Crippen LogP contribution in [0.3, 0.4) is 0 Å². The molecule has 1 aliphatic heterocycles. The minimum atomic E-state index is -0.324. The van der Waals surface area contributed by atoms with Crippen molar-refractivity contribution in [1.29, 1.82) is 0 Å². The van der Waals surface area contributed by atoms with Crippen molar-refractivity contribution in [3.8, 4) is 0 Å². The summed E-state index contributed by atoms with van der Waals surface area (Å²) in [5.74, 6) is -0.795. The van der Waals surface area contributed by atoms with Gasteiger partial charge >= 0.3 is 0 Å². The Morgan fingerprint density at radius 3 is 2.81 bits per heavy atom. The normalized spacial score (nSPS) is 18.1. The average molecular weight is 294 g/mol. The monoisotopic (exact) mass is 294 g/mol. The van der Waals surface area contributed by atoms with Gasteiger partial charge in [-0.25, -0.2) is 4.39 Å². The highest BCUT2D eigenvalue weighted by molar-refractivity contribution is 5.89. The Morgan fingerprint density at radius 2 is 2.14 bits per heavy atom. The molecule has 2 rings (SSSR count). The second-order valence-electron chi connectivity index (χ2n) is 5.08. The number of benzene rings is 1. The van der Waals surface area contributed by atoms with Gasteiger partial charge in [0.1, 0.15) is 5.82 Å². The number of carbonyl (C=O) groups excluding carboxylic acids is 2. The minimum absolute atomic E-state index is 0.0195. The van der Waals surface area contributed by atoms with Crippen LogP contribution in [0.2, 0.25) is 0 Å². The number of hydrogen-bond acceptors (Lipinski definition) is 3. The Balaban J connectivity index is 1.81. The number of nitrogens with one attached hydrogen (secondary N) is 1. The van der Waals surface area contributed by atoms with Gasteiger partial charge in [0, 0.05) is 33.2 Å². The van der Waals surface area contributed by atoms with Crippen molar-refractivity contribution in [3.63, 3.8) is 0 Å². The summed E-state index contributed by atoms with van der Waals surface area (Å²) in [6.45, 7) is 1.74. The maximum absolute atomic E-state index is 12.8. The fraction of sp³-hybridized carbons (Fsp3) is 0.467. The summed E-state index contributed by atoms with van der Waals surface area (Å²) in [5, 5.41) is 2.79. The highest BCUT2D eigenvalue weighted by atomic mass is 19.1. The summed E-state index contributed by atoms with van der Waals surface area (Å²) in [6.07, 6.45) is 0.235. The number of hydrogen-bond donors (Lipinski definition) is 1. The quantitative estimate of drug-likeness (QED) is 0.849. The number of likely N-dealkylation sites (tertiary alicyclic amines) is 1. The molecule has 1 fully saturated rings. The molecule has 0 bridgehead atoms. The number of halogens is 1. The van der Waals surface area contributed by atoms with Gasteiger partial charge in [0.05, 0.1) is 12.5 Å².